The minimum absolute atomic E-state index is 0.319. The van der Waals surface area contributed by atoms with Crippen LogP contribution in [0.25, 0.3) is 0 Å². The van der Waals surface area contributed by atoms with Gasteiger partial charge in [-0.25, -0.2) is 0 Å². The predicted octanol–water partition coefficient (Wildman–Crippen LogP) is 0.869. The molecule has 17 heavy (non-hydrogen) atoms. The SMILES string of the molecule is CCNC(CN1CC(C)CC1=O)C1CCOC1. The summed E-state index contributed by atoms with van der Waals surface area (Å²) in [5.74, 6) is 1.41. The molecule has 3 atom stereocenters. The lowest BCUT2D eigenvalue weighted by Crippen LogP contribution is -2.46. The van der Waals surface area contributed by atoms with Crippen molar-refractivity contribution in [1.29, 1.82) is 0 Å². The number of carbonyl (C=O) groups excluding carboxylic acids is 1. The number of nitrogens with one attached hydrogen (secondary N) is 1. The van der Waals surface area contributed by atoms with Crippen molar-refractivity contribution in [2.24, 2.45) is 11.8 Å². The van der Waals surface area contributed by atoms with Crippen LogP contribution in [0.2, 0.25) is 0 Å². The van der Waals surface area contributed by atoms with Gasteiger partial charge in [-0.05, 0) is 18.9 Å². The molecule has 2 aliphatic heterocycles. The fourth-order valence-corrected chi connectivity index (χ4v) is 2.90. The number of rotatable bonds is 5. The quantitative estimate of drug-likeness (QED) is 0.775. The monoisotopic (exact) mass is 240 g/mol. The van der Waals surface area contributed by atoms with Gasteiger partial charge in [-0.15, -0.1) is 0 Å². The van der Waals surface area contributed by atoms with Crippen LogP contribution in [-0.2, 0) is 9.53 Å². The van der Waals surface area contributed by atoms with Crippen molar-refractivity contribution < 1.29 is 9.53 Å². The summed E-state index contributed by atoms with van der Waals surface area (Å²) in [5, 5.41) is 3.51. The van der Waals surface area contributed by atoms with Crippen LogP contribution in [-0.4, -0.2) is 49.7 Å². The average molecular weight is 240 g/mol. The zero-order valence-corrected chi connectivity index (χ0v) is 10.9. The summed E-state index contributed by atoms with van der Waals surface area (Å²) in [6, 6.07) is 0.400. The van der Waals surface area contributed by atoms with Crippen LogP contribution in [0.15, 0.2) is 0 Å². The fourth-order valence-electron chi connectivity index (χ4n) is 2.90. The fraction of sp³-hybridized carbons (Fsp3) is 0.923. The van der Waals surface area contributed by atoms with Gasteiger partial charge < -0.3 is 15.0 Å². The highest BCUT2D eigenvalue weighted by Gasteiger charge is 2.32. The molecule has 0 aliphatic carbocycles. The van der Waals surface area contributed by atoms with Crippen LogP contribution in [0.5, 0.6) is 0 Å². The number of likely N-dealkylation sites (tertiary alicyclic amines) is 1. The molecule has 2 aliphatic rings. The molecule has 98 valence electrons. The van der Waals surface area contributed by atoms with Gasteiger partial charge >= 0.3 is 0 Å². The standard InChI is InChI=1S/C13H24N2O2/c1-3-14-12(11-4-5-17-9-11)8-15-7-10(2)6-13(15)16/h10-12,14H,3-9H2,1-2H3. The first-order valence-corrected chi connectivity index (χ1v) is 6.79. The summed E-state index contributed by atoms with van der Waals surface area (Å²) in [6.07, 6.45) is 1.84. The van der Waals surface area contributed by atoms with Crippen LogP contribution in [0.4, 0.5) is 0 Å². The molecule has 0 aromatic rings. The van der Waals surface area contributed by atoms with E-state index < -0.39 is 0 Å². The molecule has 3 unspecified atom stereocenters. The maximum Gasteiger partial charge on any atom is 0.222 e. The first kappa shape index (κ1) is 12.8. The van der Waals surface area contributed by atoms with E-state index in [1.165, 1.54) is 0 Å². The van der Waals surface area contributed by atoms with E-state index in [-0.39, 0.29) is 0 Å². The van der Waals surface area contributed by atoms with E-state index in [0.717, 1.165) is 45.7 Å². The van der Waals surface area contributed by atoms with Crippen molar-refractivity contribution in [3.8, 4) is 0 Å². The summed E-state index contributed by atoms with van der Waals surface area (Å²) in [6.45, 7) is 8.72. The minimum Gasteiger partial charge on any atom is -0.381 e. The summed E-state index contributed by atoms with van der Waals surface area (Å²) < 4.78 is 5.45. The second-order valence-corrected chi connectivity index (χ2v) is 5.40. The lowest BCUT2D eigenvalue weighted by Gasteiger charge is -2.28. The van der Waals surface area contributed by atoms with Crippen molar-refractivity contribution in [3.63, 3.8) is 0 Å². The van der Waals surface area contributed by atoms with Crippen molar-refractivity contribution >= 4 is 5.91 Å². The van der Waals surface area contributed by atoms with E-state index in [0.29, 0.717) is 23.8 Å². The van der Waals surface area contributed by atoms with E-state index in [9.17, 15) is 4.79 Å². The molecular formula is C13H24N2O2. The van der Waals surface area contributed by atoms with Gasteiger partial charge in [-0.3, -0.25) is 4.79 Å². The van der Waals surface area contributed by atoms with Crippen LogP contribution >= 0.6 is 0 Å². The number of amides is 1. The summed E-state index contributed by atoms with van der Waals surface area (Å²) >= 11 is 0. The number of hydrogen-bond donors (Lipinski definition) is 1. The largest absolute Gasteiger partial charge is 0.381 e. The van der Waals surface area contributed by atoms with Crippen molar-refractivity contribution in [2.45, 2.75) is 32.7 Å². The van der Waals surface area contributed by atoms with Gasteiger partial charge in [0.15, 0.2) is 0 Å². The molecule has 0 bridgehead atoms. The van der Waals surface area contributed by atoms with Gasteiger partial charge in [0.05, 0.1) is 6.61 Å². The summed E-state index contributed by atoms with van der Waals surface area (Å²) in [7, 11) is 0. The molecule has 0 aromatic heterocycles. The third-order valence-electron chi connectivity index (χ3n) is 3.83. The zero-order valence-electron chi connectivity index (χ0n) is 10.9. The number of hydrogen-bond acceptors (Lipinski definition) is 3. The Morgan fingerprint density at radius 3 is 2.94 bits per heavy atom. The predicted molar refractivity (Wildman–Crippen MR) is 66.8 cm³/mol. The number of likely N-dealkylation sites (N-methyl/N-ethyl adjacent to an activating group) is 1. The molecule has 4 heteroatoms. The van der Waals surface area contributed by atoms with Crippen molar-refractivity contribution in [1.82, 2.24) is 10.2 Å². The van der Waals surface area contributed by atoms with Gasteiger partial charge in [0.1, 0.15) is 0 Å². The molecule has 0 radical (unpaired) electrons. The van der Waals surface area contributed by atoms with E-state index in [4.69, 9.17) is 4.74 Å². The molecule has 2 heterocycles. The van der Waals surface area contributed by atoms with Gasteiger partial charge in [-0.2, -0.15) is 0 Å². The molecule has 0 aromatic carbocycles. The number of ether oxygens (including phenoxy) is 1. The second kappa shape index (κ2) is 5.83. The van der Waals surface area contributed by atoms with Gasteiger partial charge in [0.2, 0.25) is 5.91 Å². The van der Waals surface area contributed by atoms with E-state index in [1.807, 2.05) is 4.90 Å². The second-order valence-electron chi connectivity index (χ2n) is 5.40. The minimum atomic E-state index is 0.319. The van der Waals surface area contributed by atoms with Crippen LogP contribution in [0.1, 0.15) is 26.7 Å². The molecular weight excluding hydrogens is 216 g/mol. The third-order valence-corrected chi connectivity index (χ3v) is 3.83. The molecule has 2 fully saturated rings. The topological polar surface area (TPSA) is 41.6 Å². The average Bonchev–Trinajstić information content (AvgIpc) is 2.88. The van der Waals surface area contributed by atoms with Crippen molar-refractivity contribution in [3.05, 3.63) is 0 Å². The van der Waals surface area contributed by atoms with E-state index in [1.54, 1.807) is 0 Å². The lowest BCUT2D eigenvalue weighted by molar-refractivity contribution is -0.128. The van der Waals surface area contributed by atoms with Gasteiger partial charge in [0.25, 0.3) is 0 Å². The van der Waals surface area contributed by atoms with Gasteiger partial charge in [0, 0.05) is 38.1 Å². The zero-order chi connectivity index (χ0) is 12.3. The molecule has 0 saturated carbocycles. The molecule has 0 spiro atoms. The molecule has 2 saturated heterocycles. The third kappa shape index (κ3) is 3.19. The van der Waals surface area contributed by atoms with Crippen LogP contribution < -0.4 is 5.32 Å². The normalized spacial score (nSPS) is 31.2. The highest BCUT2D eigenvalue weighted by atomic mass is 16.5. The maximum absolute atomic E-state index is 11.8. The molecule has 1 amide bonds. The lowest BCUT2D eigenvalue weighted by atomic mass is 9.98. The Bertz CT molecular complexity index is 264. The Morgan fingerprint density at radius 1 is 1.59 bits per heavy atom. The van der Waals surface area contributed by atoms with E-state index >= 15 is 0 Å². The van der Waals surface area contributed by atoms with Gasteiger partial charge in [-0.1, -0.05) is 13.8 Å². The van der Waals surface area contributed by atoms with Crippen LogP contribution in [0, 0.1) is 11.8 Å². The Kier molecular flexibility index (Phi) is 4.40. The van der Waals surface area contributed by atoms with Crippen molar-refractivity contribution in [2.75, 3.05) is 32.8 Å². The highest BCUT2D eigenvalue weighted by molar-refractivity contribution is 5.78. The summed E-state index contributed by atoms with van der Waals surface area (Å²) in [4.78, 5) is 13.8. The van der Waals surface area contributed by atoms with Crippen LogP contribution in [0.3, 0.4) is 0 Å². The Morgan fingerprint density at radius 2 is 2.41 bits per heavy atom. The molecule has 1 N–H and O–H groups in total. The van der Waals surface area contributed by atoms with E-state index in [2.05, 4.69) is 19.2 Å². The first-order valence-electron chi connectivity index (χ1n) is 6.79. The number of carbonyl (C=O) groups is 1. The summed E-state index contributed by atoms with van der Waals surface area (Å²) in [5.41, 5.74) is 0. The Balaban J connectivity index is 1.90. The highest BCUT2D eigenvalue weighted by Crippen LogP contribution is 2.21. The maximum atomic E-state index is 11.8. The Hall–Kier alpha value is -0.610. The Labute approximate surface area is 104 Å². The molecule has 2 rings (SSSR count). The smallest absolute Gasteiger partial charge is 0.222 e. The molecule has 4 nitrogen and oxygen atoms in total. The first-order chi connectivity index (χ1) is 8.20. The number of nitrogens with zero attached hydrogens (tertiary/aromatic N) is 1.